The molecule has 2 N–H and O–H groups in total. The number of sulfonamides is 1. The number of nitrogens with one attached hydrogen (secondary N) is 2. The molecular formula is C29H37N5O6S. The minimum Gasteiger partial charge on any atom is -0.344 e. The second-order valence-corrected chi connectivity index (χ2v) is 12.8. The van der Waals surface area contributed by atoms with E-state index in [1.165, 1.54) is 12.3 Å². The molecule has 0 bridgehead atoms. The number of rotatable bonds is 10. The summed E-state index contributed by atoms with van der Waals surface area (Å²) >= 11 is 0. The van der Waals surface area contributed by atoms with Gasteiger partial charge in [-0.3, -0.25) is 19.2 Å². The van der Waals surface area contributed by atoms with Crippen molar-refractivity contribution in [3.8, 4) is 0 Å². The van der Waals surface area contributed by atoms with Crippen molar-refractivity contribution in [1.29, 1.82) is 0 Å². The molecule has 0 radical (unpaired) electrons. The lowest BCUT2D eigenvalue weighted by molar-refractivity contribution is -0.137. The molecule has 4 rings (SSSR count). The highest BCUT2D eigenvalue weighted by Gasteiger charge is 2.39. The van der Waals surface area contributed by atoms with E-state index in [0.717, 1.165) is 9.87 Å². The molecule has 2 aliphatic heterocycles. The van der Waals surface area contributed by atoms with Crippen molar-refractivity contribution in [2.45, 2.75) is 75.6 Å². The van der Waals surface area contributed by atoms with E-state index in [-0.39, 0.29) is 42.8 Å². The normalized spacial score (nSPS) is 21.0. The standard InChI is InChI=1S/C29H37N5O6S/c1-20(2)17-23(32-29(38)24-13-14-27(36)34(24)18-21-9-4-3-5-10-21)28(37)31-22-11-8-16-33(19-25(22)35)41(39,40)26-12-6-7-15-30-26/h3-7,9-10,12,15,20,22-24H,8,11,13-14,16-19H2,1-2H3,(H,31,37)(H,32,38)/t22-,23?,24+/m0/s1. The lowest BCUT2D eigenvalue weighted by atomic mass is 10.0. The zero-order chi connectivity index (χ0) is 29.6. The number of Topliss-reactive ketones (excluding diaryl/α,β-unsaturated/α-hetero) is 1. The van der Waals surface area contributed by atoms with Crippen LogP contribution in [0.1, 0.15) is 51.5 Å². The minimum absolute atomic E-state index is 0.0560. The van der Waals surface area contributed by atoms with Crippen LogP contribution < -0.4 is 10.6 Å². The van der Waals surface area contributed by atoms with Gasteiger partial charge in [0.1, 0.15) is 12.1 Å². The molecule has 0 saturated carbocycles. The summed E-state index contributed by atoms with van der Waals surface area (Å²) in [5.41, 5.74) is 0.906. The summed E-state index contributed by atoms with van der Waals surface area (Å²) < 4.78 is 27.1. The average molecular weight is 584 g/mol. The highest BCUT2D eigenvalue weighted by Crippen LogP contribution is 2.23. The lowest BCUT2D eigenvalue weighted by Crippen LogP contribution is -2.55. The minimum atomic E-state index is -3.96. The molecule has 11 nitrogen and oxygen atoms in total. The van der Waals surface area contributed by atoms with Crippen LogP contribution in [0.15, 0.2) is 59.8 Å². The van der Waals surface area contributed by atoms with Crippen molar-refractivity contribution < 1.29 is 27.6 Å². The molecule has 1 aromatic carbocycles. The Labute approximate surface area is 240 Å². The molecule has 3 amide bonds. The number of amides is 3. The predicted molar refractivity (Wildman–Crippen MR) is 151 cm³/mol. The average Bonchev–Trinajstić information content (AvgIpc) is 3.20. The first-order valence-electron chi connectivity index (χ1n) is 13.9. The molecule has 2 fully saturated rings. The summed E-state index contributed by atoms with van der Waals surface area (Å²) in [5, 5.41) is 5.45. The molecule has 0 spiro atoms. The van der Waals surface area contributed by atoms with Gasteiger partial charge in [0.25, 0.3) is 10.0 Å². The van der Waals surface area contributed by atoms with Gasteiger partial charge >= 0.3 is 0 Å². The van der Waals surface area contributed by atoms with E-state index in [0.29, 0.717) is 25.8 Å². The maximum Gasteiger partial charge on any atom is 0.260 e. The Kier molecular flexibility index (Phi) is 9.87. The molecule has 12 heteroatoms. The number of pyridine rings is 1. The largest absolute Gasteiger partial charge is 0.344 e. The number of likely N-dealkylation sites (tertiary alicyclic amines) is 1. The summed E-state index contributed by atoms with van der Waals surface area (Å²) in [5.74, 6) is -1.41. The van der Waals surface area contributed by atoms with E-state index in [9.17, 15) is 27.6 Å². The molecule has 1 aromatic heterocycles. The Bertz CT molecular complexity index is 1350. The van der Waals surface area contributed by atoms with Gasteiger partial charge in [0.2, 0.25) is 17.7 Å². The summed E-state index contributed by atoms with van der Waals surface area (Å²) in [7, 11) is -3.96. The Morgan fingerprint density at radius 1 is 1.05 bits per heavy atom. The van der Waals surface area contributed by atoms with Crippen LogP contribution in [-0.2, 0) is 35.7 Å². The van der Waals surface area contributed by atoms with Crippen LogP contribution in [0.4, 0.5) is 0 Å². The fourth-order valence-electron chi connectivity index (χ4n) is 5.21. The number of nitrogens with zero attached hydrogens (tertiary/aromatic N) is 3. The third-order valence-corrected chi connectivity index (χ3v) is 9.11. The van der Waals surface area contributed by atoms with Crippen LogP contribution in [0.5, 0.6) is 0 Å². The van der Waals surface area contributed by atoms with Crippen molar-refractivity contribution in [3.63, 3.8) is 0 Å². The molecule has 3 atom stereocenters. The fourth-order valence-corrected chi connectivity index (χ4v) is 6.59. The van der Waals surface area contributed by atoms with Crippen LogP contribution in [0, 0.1) is 5.92 Å². The van der Waals surface area contributed by atoms with Crippen molar-refractivity contribution in [2.75, 3.05) is 13.1 Å². The van der Waals surface area contributed by atoms with Crippen molar-refractivity contribution in [1.82, 2.24) is 24.8 Å². The van der Waals surface area contributed by atoms with Crippen LogP contribution in [0.25, 0.3) is 0 Å². The maximum atomic E-state index is 13.4. The van der Waals surface area contributed by atoms with Crippen LogP contribution >= 0.6 is 0 Å². The van der Waals surface area contributed by atoms with Gasteiger partial charge in [-0.1, -0.05) is 50.2 Å². The Hall–Kier alpha value is -3.64. The number of ketones is 1. The highest BCUT2D eigenvalue weighted by atomic mass is 32.2. The highest BCUT2D eigenvalue weighted by molar-refractivity contribution is 7.89. The molecule has 41 heavy (non-hydrogen) atoms. The first kappa shape index (κ1) is 30.3. The van der Waals surface area contributed by atoms with E-state index in [1.54, 1.807) is 17.0 Å². The number of carbonyl (C=O) groups excluding carboxylic acids is 4. The molecule has 2 aliphatic rings. The number of hydrogen-bond acceptors (Lipinski definition) is 7. The first-order valence-corrected chi connectivity index (χ1v) is 15.4. The fraction of sp³-hybridized carbons (Fsp3) is 0.483. The Morgan fingerprint density at radius 3 is 2.46 bits per heavy atom. The van der Waals surface area contributed by atoms with Gasteiger partial charge in [-0.25, -0.2) is 13.4 Å². The monoisotopic (exact) mass is 583 g/mol. The third kappa shape index (κ3) is 7.56. The van der Waals surface area contributed by atoms with Crippen LogP contribution in [-0.4, -0.2) is 77.3 Å². The topological polar surface area (TPSA) is 146 Å². The summed E-state index contributed by atoms with van der Waals surface area (Å²) in [6.07, 6.45) is 2.94. The van der Waals surface area contributed by atoms with Gasteiger partial charge in [0.15, 0.2) is 10.8 Å². The second kappa shape index (κ2) is 13.3. The van der Waals surface area contributed by atoms with Crippen LogP contribution in [0.2, 0.25) is 0 Å². The smallest absolute Gasteiger partial charge is 0.260 e. The Morgan fingerprint density at radius 2 is 1.78 bits per heavy atom. The molecular weight excluding hydrogens is 546 g/mol. The van der Waals surface area contributed by atoms with E-state index in [4.69, 9.17) is 0 Å². The Balaban J connectivity index is 1.41. The van der Waals surface area contributed by atoms with Gasteiger partial charge in [-0.05, 0) is 49.3 Å². The number of benzene rings is 1. The van der Waals surface area contributed by atoms with Gasteiger partial charge in [0.05, 0.1) is 12.6 Å². The quantitative estimate of drug-likeness (QED) is 0.432. The van der Waals surface area contributed by atoms with Gasteiger partial charge in [-0.2, -0.15) is 4.31 Å². The van der Waals surface area contributed by atoms with E-state index < -0.39 is 45.7 Å². The summed E-state index contributed by atoms with van der Waals surface area (Å²) in [4.78, 5) is 57.9. The van der Waals surface area contributed by atoms with Crippen molar-refractivity contribution in [2.24, 2.45) is 5.92 Å². The van der Waals surface area contributed by atoms with Crippen LogP contribution in [0.3, 0.4) is 0 Å². The third-order valence-electron chi connectivity index (χ3n) is 7.35. The van der Waals surface area contributed by atoms with Gasteiger partial charge < -0.3 is 15.5 Å². The van der Waals surface area contributed by atoms with Gasteiger partial charge in [-0.15, -0.1) is 0 Å². The lowest BCUT2D eigenvalue weighted by Gasteiger charge is -2.28. The molecule has 1 unspecified atom stereocenters. The van der Waals surface area contributed by atoms with E-state index >= 15 is 0 Å². The zero-order valence-electron chi connectivity index (χ0n) is 23.4. The number of carbonyl (C=O) groups is 4. The predicted octanol–water partition coefficient (Wildman–Crippen LogP) is 1.64. The van der Waals surface area contributed by atoms with E-state index in [2.05, 4.69) is 15.6 Å². The number of aromatic nitrogens is 1. The first-order chi connectivity index (χ1) is 19.6. The molecule has 2 saturated heterocycles. The van der Waals surface area contributed by atoms with E-state index in [1.807, 2.05) is 44.2 Å². The second-order valence-electron chi connectivity index (χ2n) is 10.9. The molecule has 220 valence electrons. The zero-order valence-corrected chi connectivity index (χ0v) is 24.2. The number of hydrogen-bond donors (Lipinski definition) is 2. The maximum absolute atomic E-state index is 13.4. The van der Waals surface area contributed by atoms with Crippen molar-refractivity contribution >= 4 is 33.5 Å². The SMILES string of the molecule is CC(C)CC(NC(=O)[C@H]1CCC(=O)N1Cc1ccccc1)C(=O)N[C@H]1CCCN(S(=O)(=O)c2ccccn2)CC1=O. The van der Waals surface area contributed by atoms with Gasteiger partial charge in [0, 0.05) is 25.7 Å². The summed E-state index contributed by atoms with van der Waals surface area (Å²) in [6, 6.07) is 11.4. The summed E-state index contributed by atoms with van der Waals surface area (Å²) in [6.45, 7) is 3.88. The molecule has 2 aromatic rings. The molecule has 3 heterocycles. The van der Waals surface area contributed by atoms with Crippen molar-refractivity contribution in [3.05, 3.63) is 60.3 Å². The molecule has 0 aliphatic carbocycles.